The maximum atomic E-state index is 12.3. The van der Waals surface area contributed by atoms with Gasteiger partial charge in [0.05, 0.1) is 0 Å². The van der Waals surface area contributed by atoms with Gasteiger partial charge in [-0.25, -0.2) is 0 Å². The standard InChI is InChI=1S/C16H20N2O3/c1-18(9-5-2-6-10-19)16(21)14-11-15(20)12-7-3-4-8-13(12)17-14/h3-4,7-8,11,19H,2,5-6,9-10H2,1H3,(H,17,20). The molecular formula is C16H20N2O3. The van der Waals surface area contributed by atoms with Crippen LogP contribution in [0.4, 0.5) is 0 Å². The second-order valence-corrected chi connectivity index (χ2v) is 5.10. The Morgan fingerprint density at radius 2 is 2.00 bits per heavy atom. The number of aromatic amines is 1. The van der Waals surface area contributed by atoms with Crippen molar-refractivity contribution in [3.05, 3.63) is 46.2 Å². The molecule has 0 aliphatic rings. The number of nitrogens with zero attached hydrogens (tertiary/aromatic N) is 1. The first-order chi connectivity index (χ1) is 10.1. The van der Waals surface area contributed by atoms with Gasteiger partial charge < -0.3 is 15.0 Å². The van der Waals surface area contributed by atoms with Crippen LogP contribution in [0.15, 0.2) is 35.1 Å². The highest BCUT2D eigenvalue weighted by molar-refractivity contribution is 5.94. The fraction of sp³-hybridized carbons (Fsp3) is 0.375. The molecular weight excluding hydrogens is 268 g/mol. The number of H-pyrrole nitrogens is 1. The molecule has 0 spiro atoms. The minimum absolute atomic E-state index is 0.151. The molecule has 0 fully saturated rings. The van der Waals surface area contributed by atoms with Crippen LogP contribution in [-0.2, 0) is 0 Å². The third-order valence-corrected chi connectivity index (χ3v) is 3.47. The molecule has 1 amide bonds. The van der Waals surface area contributed by atoms with Gasteiger partial charge in [0.1, 0.15) is 5.69 Å². The summed E-state index contributed by atoms with van der Waals surface area (Å²) < 4.78 is 0. The van der Waals surface area contributed by atoms with Crippen molar-refractivity contribution in [2.75, 3.05) is 20.2 Å². The second-order valence-electron chi connectivity index (χ2n) is 5.10. The number of hydrogen-bond donors (Lipinski definition) is 2. The molecule has 5 nitrogen and oxygen atoms in total. The Morgan fingerprint density at radius 1 is 1.24 bits per heavy atom. The third-order valence-electron chi connectivity index (χ3n) is 3.47. The number of aliphatic hydroxyl groups excluding tert-OH is 1. The Balaban J connectivity index is 2.14. The molecule has 0 atom stereocenters. The summed E-state index contributed by atoms with van der Waals surface area (Å²) in [5.41, 5.74) is 0.826. The predicted octanol–water partition coefficient (Wildman–Crippen LogP) is 1.76. The number of benzene rings is 1. The molecule has 2 N–H and O–H groups in total. The molecule has 5 heteroatoms. The zero-order valence-corrected chi connectivity index (χ0v) is 12.1. The maximum absolute atomic E-state index is 12.3. The lowest BCUT2D eigenvalue weighted by molar-refractivity contribution is 0.0786. The Hall–Kier alpha value is -2.14. The number of rotatable bonds is 6. The number of carbonyl (C=O) groups is 1. The van der Waals surface area contributed by atoms with Gasteiger partial charge in [-0.05, 0) is 31.4 Å². The summed E-state index contributed by atoms with van der Waals surface area (Å²) in [6.07, 6.45) is 2.46. The molecule has 0 aliphatic carbocycles. The third kappa shape index (κ3) is 3.70. The van der Waals surface area contributed by atoms with Gasteiger partial charge in [0, 0.05) is 37.2 Å². The van der Waals surface area contributed by atoms with Crippen LogP contribution in [0.25, 0.3) is 10.9 Å². The quantitative estimate of drug-likeness (QED) is 0.796. The number of hydrogen-bond acceptors (Lipinski definition) is 3. The zero-order valence-electron chi connectivity index (χ0n) is 12.1. The average molecular weight is 288 g/mol. The lowest BCUT2D eigenvalue weighted by atomic mass is 10.2. The molecule has 0 radical (unpaired) electrons. The van der Waals surface area contributed by atoms with Crippen LogP contribution in [0.5, 0.6) is 0 Å². The number of unbranched alkanes of at least 4 members (excludes halogenated alkanes) is 2. The summed E-state index contributed by atoms with van der Waals surface area (Å²) in [5, 5.41) is 9.31. The van der Waals surface area contributed by atoms with Crippen molar-refractivity contribution >= 4 is 16.8 Å². The van der Waals surface area contributed by atoms with Gasteiger partial charge in [-0.15, -0.1) is 0 Å². The molecule has 0 saturated heterocycles. The highest BCUT2D eigenvalue weighted by Gasteiger charge is 2.13. The van der Waals surface area contributed by atoms with E-state index in [0.717, 1.165) is 19.3 Å². The molecule has 2 rings (SSSR count). The maximum Gasteiger partial charge on any atom is 0.270 e. The summed E-state index contributed by atoms with van der Waals surface area (Å²) in [6.45, 7) is 0.781. The van der Waals surface area contributed by atoms with Crippen molar-refractivity contribution in [2.24, 2.45) is 0 Å². The monoisotopic (exact) mass is 288 g/mol. The predicted molar refractivity (Wildman–Crippen MR) is 82.5 cm³/mol. The molecule has 1 heterocycles. The first kappa shape index (κ1) is 15.3. The van der Waals surface area contributed by atoms with E-state index in [0.29, 0.717) is 23.1 Å². The van der Waals surface area contributed by atoms with E-state index in [1.54, 1.807) is 30.1 Å². The summed E-state index contributed by atoms with van der Waals surface area (Å²) in [5.74, 6) is -0.193. The SMILES string of the molecule is CN(CCCCCO)C(=O)c1cc(=O)c2ccccc2[nH]1. The van der Waals surface area contributed by atoms with Crippen molar-refractivity contribution in [1.29, 1.82) is 0 Å². The van der Waals surface area contributed by atoms with Crippen LogP contribution in [0.1, 0.15) is 29.8 Å². The van der Waals surface area contributed by atoms with Crippen molar-refractivity contribution in [1.82, 2.24) is 9.88 Å². The van der Waals surface area contributed by atoms with Gasteiger partial charge in [0.2, 0.25) is 0 Å². The van der Waals surface area contributed by atoms with Gasteiger partial charge in [0.15, 0.2) is 5.43 Å². The number of nitrogens with one attached hydrogen (secondary N) is 1. The van der Waals surface area contributed by atoms with Crippen molar-refractivity contribution < 1.29 is 9.90 Å². The lowest BCUT2D eigenvalue weighted by Gasteiger charge is -2.17. The number of amides is 1. The van der Waals surface area contributed by atoms with Gasteiger partial charge >= 0.3 is 0 Å². The summed E-state index contributed by atoms with van der Waals surface area (Å²) in [6, 6.07) is 8.50. The largest absolute Gasteiger partial charge is 0.396 e. The number of para-hydroxylation sites is 1. The van der Waals surface area contributed by atoms with E-state index in [2.05, 4.69) is 4.98 Å². The second kappa shape index (κ2) is 7.04. The molecule has 0 bridgehead atoms. The molecule has 1 aromatic heterocycles. The lowest BCUT2D eigenvalue weighted by Crippen LogP contribution is -2.29. The van der Waals surface area contributed by atoms with Crippen LogP contribution in [0.3, 0.4) is 0 Å². The van der Waals surface area contributed by atoms with Crippen molar-refractivity contribution in [3.63, 3.8) is 0 Å². The minimum Gasteiger partial charge on any atom is -0.396 e. The Bertz CT molecular complexity index is 679. The van der Waals surface area contributed by atoms with Crippen LogP contribution in [-0.4, -0.2) is 41.1 Å². The molecule has 0 aliphatic heterocycles. The van der Waals surface area contributed by atoms with E-state index in [4.69, 9.17) is 5.11 Å². The van der Waals surface area contributed by atoms with E-state index in [-0.39, 0.29) is 17.9 Å². The van der Waals surface area contributed by atoms with Gasteiger partial charge in [-0.1, -0.05) is 12.1 Å². The molecule has 0 unspecified atom stereocenters. The van der Waals surface area contributed by atoms with E-state index >= 15 is 0 Å². The van der Waals surface area contributed by atoms with E-state index in [1.807, 2.05) is 6.07 Å². The summed E-state index contributed by atoms with van der Waals surface area (Å²) in [7, 11) is 1.72. The number of pyridine rings is 1. The summed E-state index contributed by atoms with van der Waals surface area (Å²) >= 11 is 0. The van der Waals surface area contributed by atoms with Crippen LogP contribution in [0.2, 0.25) is 0 Å². The Morgan fingerprint density at radius 3 is 2.76 bits per heavy atom. The number of carbonyl (C=O) groups excluding carboxylic acids is 1. The summed E-state index contributed by atoms with van der Waals surface area (Å²) in [4.78, 5) is 28.9. The smallest absolute Gasteiger partial charge is 0.270 e. The fourth-order valence-corrected chi connectivity index (χ4v) is 2.26. The fourth-order valence-electron chi connectivity index (χ4n) is 2.26. The van der Waals surface area contributed by atoms with E-state index in [1.165, 1.54) is 6.07 Å². The van der Waals surface area contributed by atoms with Gasteiger partial charge in [-0.2, -0.15) is 0 Å². The molecule has 1 aromatic carbocycles. The van der Waals surface area contributed by atoms with Gasteiger partial charge in [-0.3, -0.25) is 9.59 Å². The Labute approximate surface area is 123 Å². The van der Waals surface area contributed by atoms with Crippen LogP contribution >= 0.6 is 0 Å². The molecule has 21 heavy (non-hydrogen) atoms. The van der Waals surface area contributed by atoms with Crippen molar-refractivity contribution in [3.8, 4) is 0 Å². The molecule has 0 saturated carbocycles. The average Bonchev–Trinajstić information content (AvgIpc) is 2.50. The first-order valence-electron chi connectivity index (χ1n) is 7.12. The zero-order chi connectivity index (χ0) is 15.2. The first-order valence-corrected chi connectivity index (χ1v) is 7.12. The molecule has 112 valence electrons. The number of aromatic nitrogens is 1. The van der Waals surface area contributed by atoms with E-state index < -0.39 is 0 Å². The minimum atomic E-state index is -0.193. The van der Waals surface area contributed by atoms with Crippen LogP contribution in [0, 0.1) is 0 Å². The van der Waals surface area contributed by atoms with Gasteiger partial charge in [0.25, 0.3) is 5.91 Å². The Kier molecular flexibility index (Phi) is 5.11. The number of fused-ring (bicyclic) bond motifs is 1. The normalized spacial score (nSPS) is 10.8. The highest BCUT2D eigenvalue weighted by Crippen LogP contribution is 2.09. The topological polar surface area (TPSA) is 73.4 Å². The molecule has 2 aromatic rings. The van der Waals surface area contributed by atoms with Crippen LogP contribution < -0.4 is 5.43 Å². The number of aliphatic hydroxyl groups is 1. The van der Waals surface area contributed by atoms with E-state index in [9.17, 15) is 9.59 Å². The highest BCUT2D eigenvalue weighted by atomic mass is 16.3. The van der Waals surface area contributed by atoms with Crippen molar-refractivity contribution in [2.45, 2.75) is 19.3 Å².